The molecule has 2 N–H and O–H groups in total. The number of fused-ring (bicyclic) bond motifs is 1. The van der Waals surface area contributed by atoms with Gasteiger partial charge in [-0.15, -0.1) is 0 Å². The van der Waals surface area contributed by atoms with E-state index in [4.69, 9.17) is 11.6 Å². The fraction of sp³-hybridized carbons (Fsp3) is 0.111. The summed E-state index contributed by atoms with van der Waals surface area (Å²) in [6.45, 7) is 0. The van der Waals surface area contributed by atoms with Gasteiger partial charge in [-0.2, -0.15) is 13.2 Å². The van der Waals surface area contributed by atoms with Gasteiger partial charge in [0.1, 0.15) is 11.4 Å². The van der Waals surface area contributed by atoms with E-state index in [9.17, 15) is 18.3 Å². The summed E-state index contributed by atoms with van der Waals surface area (Å²) in [5, 5.41) is 8.85. The van der Waals surface area contributed by atoms with Crippen LogP contribution in [0.25, 0.3) is 10.9 Å². The summed E-state index contributed by atoms with van der Waals surface area (Å²) in [4.78, 5) is 2.13. The van der Waals surface area contributed by atoms with Gasteiger partial charge in [-0.3, -0.25) is 0 Å². The summed E-state index contributed by atoms with van der Waals surface area (Å²) >= 11 is 5.54. The van der Waals surface area contributed by atoms with Crippen molar-refractivity contribution in [3.8, 4) is 5.75 Å². The molecule has 1 heterocycles. The molecule has 1 aromatic heterocycles. The van der Waals surface area contributed by atoms with Crippen molar-refractivity contribution < 1.29 is 18.3 Å². The fourth-order valence-electron chi connectivity index (χ4n) is 1.38. The standard InChI is InChI=1S/C9H5ClF3NO/c10-7-6-4(2-1-3-5(6)15)14-8(7)9(11,12)13/h1-3,14-15H. The normalized spacial score (nSPS) is 12.3. The maximum Gasteiger partial charge on any atom is 0.432 e. The molecule has 0 aliphatic heterocycles. The first-order valence-corrected chi connectivity index (χ1v) is 4.35. The monoisotopic (exact) mass is 235 g/mol. The first kappa shape index (κ1) is 10.2. The van der Waals surface area contributed by atoms with Gasteiger partial charge in [0.2, 0.25) is 0 Å². The molecule has 0 radical (unpaired) electrons. The van der Waals surface area contributed by atoms with Gasteiger partial charge in [-0.1, -0.05) is 17.7 Å². The summed E-state index contributed by atoms with van der Waals surface area (Å²) in [5.74, 6) is -0.274. The number of aromatic nitrogens is 1. The fourth-order valence-corrected chi connectivity index (χ4v) is 1.74. The summed E-state index contributed by atoms with van der Waals surface area (Å²) in [6.07, 6.45) is -4.55. The molecule has 80 valence electrons. The number of hydrogen-bond donors (Lipinski definition) is 2. The molecule has 0 saturated heterocycles. The van der Waals surface area contributed by atoms with E-state index in [1.165, 1.54) is 18.2 Å². The second kappa shape index (κ2) is 3.06. The smallest absolute Gasteiger partial charge is 0.432 e. The quantitative estimate of drug-likeness (QED) is 0.720. The maximum atomic E-state index is 12.4. The van der Waals surface area contributed by atoms with E-state index in [-0.39, 0.29) is 16.7 Å². The molecule has 2 nitrogen and oxygen atoms in total. The minimum Gasteiger partial charge on any atom is -0.507 e. The molecule has 0 aliphatic carbocycles. The van der Waals surface area contributed by atoms with E-state index < -0.39 is 16.9 Å². The zero-order chi connectivity index (χ0) is 11.2. The van der Waals surface area contributed by atoms with Gasteiger partial charge in [0.15, 0.2) is 0 Å². The molecule has 0 fully saturated rings. The number of H-pyrrole nitrogens is 1. The Morgan fingerprint density at radius 3 is 2.47 bits per heavy atom. The van der Waals surface area contributed by atoms with Crippen LogP contribution in [0.5, 0.6) is 5.75 Å². The van der Waals surface area contributed by atoms with E-state index in [1.807, 2.05) is 0 Å². The van der Waals surface area contributed by atoms with Gasteiger partial charge in [-0.25, -0.2) is 0 Å². The highest BCUT2D eigenvalue weighted by Crippen LogP contribution is 2.41. The van der Waals surface area contributed by atoms with Crippen LogP contribution in [0.15, 0.2) is 18.2 Å². The number of phenols is 1. The predicted molar refractivity (Wildman–Crippen MR) is 50.0 cm³/mol. The molecule has 0 unspecified atom stereocenters. The Morgan fingerprint density at radius 1 is 1.27 bits per heavy atom. The van der Waals surface area contributed by atoms with Crippen molar-refractivity contribution in [3.63, 3.8) is 0 Å². The topological polar surface area (TPSA) is 36.0 Å². The number of aromatic hydroxyl groups is 1. The molecule has 2 rings (SSSR count). The van der Waals surface area contributed by atoms with Gasteiger partial charge >= 0.3 is 6.18 Å². The third-order valence-electron chi connectivity index (χ3n) is 2.02. The zero-order valence-corrected chi connectivity index (χ0v) is 7.95. The molecule has 0 saturated carbocycles. The predicted octanol–water partition coefficient (Wildman–Crippen LogP) is 3.55. The van der Waals surface area contributed by atoms with Crippen LogP contribution in [0.2, 0.25) is 5.02 Å². The van der Waals surface area contributed by atoms with Crippen molar-refractivity contribution in [1.29, 1.82) is 0 Å². The van der Waals surface area contributed by atoms with E-state index >= 15 is 0 Å². The Bertz CT molecular complexity index is 518. The Morgan fingerprint density at radius 2 is 1.93 bits per heavy atom. The van der Waals surface area contributed by atoms with Gasteiger partial charge in [0, 0.05) is 0 Å². The van der Waals surface area contributed by atoms with Crippen molar-refractivity contribution in [2.45, 2.75) is 6.18 Å². The third kappa shape index (κ3) is 1.52. The molecule has 6 heteroatoms. The average molecular weight is 236 g/mol. The molecule has 2 aromatic rings. The maximum absolute atomic E-state index is 12.4. The molecule has 0 amide bonds. The SMILES string of the molecule is Oc1cccc2[nH]c(C(F)(F)F)c(Cl)c12. The highest BCUT2D eigenvalue weighted by molar-refractivity contribution is 6.37. The average Bonchev–Trinajstić information content (AvgIpc) is 2.44. The summed E-state index contributed by atoms with van der Waals surface area (Å²) in [6, 6.07) is 4.13. The Labute approximate surface area is 87.3 Å². The van der Waals surface area contributed by atoms with Crippen LogP contribution in [0.3, 0.4) is 0 Å². The molecule has 0 aliphatic rings. The van der Waals surface area contributed by atoms with E-state index in [0.29, 0.717) is 0 Å². The van der Waals surface area contributed by atoms with Gasteiger partial charge < -0.3 is 10.1 Å². The second-order valence-electron chi connectivity index (χ2n) is 3.01. The Balaban J connectivity index is 2.82. The number of nitrogens with one attached hydrogen (secondary N) is 1. The molecule has 0 spiro atoms. The number of hydrogen-bond acceptors (Lipinski definition) is 1. The molecule has 0 bridgehead atoms. The molecule has 1 aromatic carbocycles. The van der Waals surface area contributed by atoms with Crippen LogP contribution in [-0.2, 0) is 6.18 Å². The number of rotatable bonds is 0. The lowest BCUT2D eigenvalue weighted by Gasteiger charge is -2.02. The number of aromatic amines is 1. The summed E-state index contributed by atoms with van der Waals surface area (Å²) in [5.41, 5.74) is -0.881. The minimum atomic E-state index is -4.55. The minimum absolute atomic E-state index is 0.00788. The van der Waals surface area contributed by atoms with E-state index in [2.05, 4.69) is 4.98 Å². The van der Waals surface area contributed by atoms with Crippen molar-refractivity contribution in [3.05, 3.63) is 28.9 Å². The van der Waals surface area contributed by atoms with Crippen LogP contribution < -0.4 is 0 Å². The number of phenolic OH excluding ortho intramolecular Hbond substituents is 1. The Hall–Kier alpha value is -1.36. The molecular weight excluding hydrogens is 231 g/mol. The van der Waals surface area contributed by atoms with Gasteiger partial charge in [0.05, 0.1) is 15.9 Å². The zero-order valence-electron chi connectivity index (χ0n) is 7.19. The molecule has 0 atom stereocenters. The van der Waals surface area contributed by atoms with Crippen LogP contribution in [0.4, 0.5) is 13.2 Å². The number of halogens is 4. The first-order chi connectivity index (χ1) is 6.91. The summed E-state index contributed by atoms with van der Waals surface area (Å²) in [7, 11) is 0. The lowest BCUT2D eigenvalue weighted by atomic mass is 10.2. The van der Waals surface area contributed by atoms with Crippen LogP contribution in [0, 0.1) is 0 Å². The largest absolute Gasteiger partial charge is 0.507 e. The van der Waals surface area contributed by atoms with Crippen molar-refractivity contribution >= 4 is 22.5 Å². The van der Waals surface area contributed by atoms with Crippen molar-refractivity contribution in [2.24, 2.45) is 0 Å². The third-order valence-corrected chi connectivity index (χ3v) is 2.40. The molecular formula is C9H5ClF3NO. The van der Waals surface area contributed by atoms with E-state index in [1.54, 1.807) is 0 Å². The van der Waals surface area contributed by atoms with Crippen LogP contribution >= 0.6 is 11.6 Å². The highest BCUT2D eigenvalue weighted by Gasteiger charge is 2.36. The van der Waals surface area contributed by atoms with Crippen molar-refractivity contribution in [2.75, 3.05) is 0 Å². The van der Waals surface area contributed by atoms with Crippen LogP contribution in [-0.4, -0.2) is 10.1 Å². The Kier molecular flexibility index (Phi) is 2.08. The van der Waals surface area contributed by atoms with Gasteiger partial charge in [0.25, 0.3) is 0 Å². The highest BCUT2D eigenvalue weighted by atomic mass is 35.5. The lowest BCUT2D eigenvalue weighted by molar-refractivity contribution is -0.140. The first-order valence-electron chi connectivity index (χ1n) is 3.97. The van der Waals surface area contributed by atoms with E-state index in [0.717, 1.165) is 0 Å². The van der Waals surface area contributed by atoms with Crippen molar-refractivity contribution in [1.82, 2.24) is 4.98 Å². The summed E-state index contributed by atoms with van der Waals surface area (Å²) < 4.78 is 37.3. The molecule has 15 heavy (non-hydrogen) atoms. The number of benzene rings is 1. The number of alkyl halides is 3. The van der Waals surface area contributed by atoms with Crippen LogP contribution in [0.1, 0.15) is 5.69 Å². The second-order valence-corrected chi connectivity index (χ2v) is 3.39. The van der Waals surface area contributed by atoms with Gasteiger partial charge in [-0.05, 0) is 12.1 Å². The lowest BCUT2D eigenvalue weighted by Crippen LogP contribution is -2.05.